The molecule has 6 N–H and O–H groups in total. The van der Waals surface area contributed by atoms with Gasteiger partial charge in [-0.3, -0.25) is 0 Å². The molecular weight excluding hydrogens is 304 g/mol. The summed E-state index contributed by atoms with van der Waals surface area (Å²) in [6.45, 7) is 1.76. The van der Waals surface area contributed by atoms with Gasteiger partial charge in [0.05, 0.1) is 13.2 Å². The van der Waals surface area contributed by atoms with Crippen LogP contribution in [0.1, 0.15) is 5.56 Å². The van der Waals surface area contributed by atoms with Crippen LogP contribution in [0.2, 0.25) is 0 Å². The third kappa shape index (κ3) is 4.53. The minimum atomic E-state index is 0.0519. The standard InChI is InChI=1S/C18H26N4O2/c1-21(13-14-12-15(19)2-7-18(14)20)16-3-5-17(6-4-16)22(8-10-23)9-11-24/h2-7,12,23-24H,8-11,13,19-20H2,1H3. The van der Waals surface area contributed by atoms with Gasteiger partial charge in [0.2, 0.25) is 0 Å². The number of anilines is 4. The molecule has 24 heavy (non-hydrogen) atoms. The van der Waals surface area contributed by atoms with Crippen LogP contribution in [0.3, 0.4) is 0 Å². The number of rotatable bonds is 8. The van der Waals surface area contributed by atoms with Gasteiger partial charge >= 0.3 is 0 Å². The molecule has 0 bridgehead atoms. The molecule has 0 aliphatic carbocycles. The van der Waals surface area contributed by atoms with E-state index in [1.165, 1.54) is 0 Å². The summed E-state index contributed by atoms with van der Waals surface area (Å²) in [5.74, 6) is 0. The highest BCUT2D eigenvalue weighted by Gasteiger charge is 2.08. The van der Waals surface area contributed by atoms with Crippen molar-refractivity contribution in [2.75, 3.05) is 54.6 Å². The second kappa shape index (κ2) is 8.42. The van der Waals surface area contributed by atoms with E-state index >= 15 is 0 Å². The third-order valence-corrected chi connectivity index (χ3v) is 3.97. The lowest BCUT2D eigenvalue weighted by Crippen LogP contribution is -2.29. The van der Waals surface area contributed by atoms with Crippen molar-refractivity contribution in [3.63, 3.8) is 0 Å². The number of nitrogen functional groups attached to an aromatic ring is 2. The molecule has 0 saturated heterocycles. The van der Waals surface area contributed by atoms with Crippen LogP contribution in [0.5, 0.6) is 0 Å². The van der Waals surface area contributed by atoms with Gasteiger partial charge in [-0.05, 0) is 48.0 Å². The van der Waals surface area contributed by atoms with E-state index in [-0.39, 0.29) is 13.2 Å². The molecule has 0 amide bonds. The molecule has 0 fully saturated rings. The number of benzene rings is 2. The molecule has 2 aromatic carbocycles. The molecule has 0 aliphatic heterocycles. The quantitative estimate of drug-likeness (QED) is 0.544. The Morgan fingerprint density at radius 3 is 2.04 bits per heavy atom. The maximum absolute atomic E-state index is 9.13. The van der Waals surface area contributed by atoms with Crippen LogP contribution in [0.4, 0.5) is 22.7 Å². The predicted molar refractivity (Wildman–Crippen MR) is 100 cm³/mol. The van der Waals surface area contributed by atoms with Crippen molar-refractivity contribution in [3.8, 4) is 0 Å². The molecule has 0 heterocycles. The lowest BCUT2D eigenvalue weighted by molar-refractivity contribution is 0.281. The van der Waals surface area contributed by atoms with Crippen molar-refractivity contribution in [1.82, 2.24) is 0 Å². The molecule has 0 saturated carbocycles. The Morgan fingerprint density at radius 2 is 1.46 bits per heavy atom. The number of aliphatic hydroxyl groups is 2. The highest BCUT2D eigenvalue weighted by atomic mass is 16.3. The van der Waals surface area contributed by atoms with Crippen LogP contribution < -0.4 is 21.3 Å². The van der Waals surface area contributed by atoms with Crippen molar-refractivity contribution in [3.05, 3.63) is 48.0 Å². The van der Waals surface area contributed by atoms with Crippen LogP contribution in [0, 0.1) is 0 Å². The molecule has 0 unspecified atom stereocenters. The summed E-state index contributed by atoms with van der Waals surface area (Å²) in [6.07, 6.45) is 0. The number of nitrogens with zero attached hydrogens (tertiary/aromatic N) is 2. The van der Waals surface area contributed by atoms with Gasteiger partial charge in [-0.2, -0.15) is 0 Å². The van der Waals surface area contributed by atoms with Crippen LogP contribution in [-0.2, 0) is 6.54 Å². The van der Waals surface area contributed by atoms with Gasteiger partial charge < -0.3 is 31.5 Å². The van der Waals surface area contributed by atoms with E-state index in [4.69, 9.17) is 21.7 Å². The molecule has 6 nitrogen and oxygen atoms in total. The van der Waals surface area contributed by atoms with Crippen molar-refractivity contribution < 1.29 is 10.2 Å². The van der Waals surface area contributed by atoms with Crippen molar-refractivity contribution in [2.24, 2.45) is 0 Å². The van der Waals surface area contributed by atoms with E-state index in [1.54, 1.807) is 6.07 Å². The van der Waals surface area contributed by atoms with Crippen LogP contribution in [-0.4, -0.2) is 43.6 Å². The van der Waals surface area contributed by atoms with E-state index in [1.807, 2.05) is 48.3 Å². The van der Waals surface area contributed by atoms with Gasteiger partial charge in [0, 0.05) is 49.4 Å². The third-order valence-electron chi connectivity index (χ3n) is 3.97. The van der Waals surface area contributed by atoms with E-state index in [9.17, 15) is 0 Å². The minimum absolute atomic E-state index is 0.0519. The average Bonchev–Trinajstić information content (AvgIpc) is 2.58. The van der Waals surface area contributed by atoms with E-state index < -0.39 is 0 Å². The first-order chi connectivity index (χ1) is 11.5. The fourth-order valence-corrected chi connectivity index (χ4v) is 2.64. The van der Waals surface area contributed by atoms with Crippen molar-refractivity contribution >= 4 is 22.7 Å². The zero-order valence-corrected chi connectivity index (χ0v) is 14.0. The van der Waals surface area contributed by atoms with Crippen LogP contribution >= 0.6 is 0 Å². The van der Waals surface area contributed by atoms with Crippen LogP contribution in [0.25, 0.3) is 0 Å². The maximum atomic E-state index is 9.13. The summed E-state index contributed by atoms with van der Waals surface area (Å²) < 4.78 is 0. The van der Waals surface area contributed by atoms with E-state index in [2.05, 4.69) is 4.90 Å². The molecule has 6 heteroatoms. The van der Waals surface area contributed by atoms with Gasteiger partial charge in [-0.25, -0.2) is 0 Å². The Kier molecular flexibility index (Phi) is 6.28. The number of aliphatic hydroxyl groups excluding tert-OH is 2. The highest BCUT2D eigenvalue weighted by Crippen LogP contribution is 2.23. The van der Waals surface area contributed by atoms with Crippen molar-refractivity contribution in [2.45, 2.75) is 6.54 Å². The summed E-state index contributed by atoms with van der Waals surface area (Å²) in [4.78, 5) is 4.04. The monoisotopic (exact) mass is 330 g/mol. The fourth-order valence-electron chi connectivity index (χ4n) is 2.64. The number of hydrogen-bond acceptors (Lipinski definition) is 6. The molecule has 0 atom stereocenters. The van der Waals surface area contributed by atoms with Gasteiger partial charge in [0.15, 0.2) is 0 Å². The minimum Gasteiger partial charge on any atom is -0.399 e. The SMILES string of the molecule is CN(Cc1cc(N)ccc1N)c1ccc(N(CCO)CCO)cc1. The first-order valence-electron chi connectivity index (χ1n) is 7.97. The van der Waals surface area contributed by atoms with E-state index in [0.717, 1.165) is 22.6 Å². The summed E-state index contributed by atoms with van der Waals surface area (Å²) in [7, 11) is 2.00. The number of hydrogen-bond donors (Lipinski definition) is 4. The van der Waals surface area contributed by atoms with Gasteiger partial charge in [0.1, 0.15) is 0 Å². The Bertz CT molecular complexity index is 640. The molecule has 2 aromatic rings. The molecule has 0 aliphatic rings. The van der Waals surface area contributed by atoms with Crippen LogP contribution in [0.15, 0.2) is 42.5 Å². The Hall–Kier alpha value is -2.44. The zero-order valence-electron chi connectivity index (χ0n) is 14.0. The lowest BCUT2D eigenvalue weighted by atomic mass is 10.1. The molecule has 0 aromatic heterocycles. The lowest BCUT2D eigenvalue weighted by Gasteiger charge is -2.25. The number of nitrogens with two attached hydrogens (primary N) is 2. The topological polar surface area (TPSA) is 99.0 Å². The molecule has 0 radical (unpaired) electrons. The Balaban J connectivity index is 2.10. The van der Waals surface area contributed by atoms with Gasteiger partial charge in [-0.15, -0.1) is 0 Å². The van der Waals surface area contributed by atoms with Gasteiger partial charge in [-0.1, -0.05) is 0 Å². The summed E-state index contributed by atoms with van der Waals surface area (Å²) in [6, 6.07) is 13.5. The molecule has 130 valence electrons. The fraction of sp³-hybridized carbons (Fsp3) is 0.333. The normalized spacial score (nSPS) is 10.6. The Morgan fingerprint density at radius 1 is 0.875 bits per heavy atom. The highest BCUT2D eigenvalue weighted by molar-refractivity contribution is 5.59. The summed E-state index contributed by atoms with van der Waals surface area (Å²) >= 11 is 0. The average molecular weight is 330 g/mol. The zero-order chi connectivity index (χ0) is 17.5. The maximum Gasteiger partial charge on any atom is 0.0606 e. The first kappa shape index (κ1) is 17.9. The summed E-state index contributed by atoms with van der Waals surface area (Å²) in [5, 5.41) is 18.3. The van der Waals surface area contributed by atoms with Crippen molar-refractivity contribution in [1.29, 1.82) is 0 Å². The predicted octanol–water partition coefficient (Wildman–Crippen LogP) is 1.28. The smallest absolute Gasteiger partial charge is 0.0606 e. The molecular formula is C18H26N4O2. The van der Waals surface area contributed by atoms with E-state index in [0.29, 0.717) is 25.3 Å². The second-order valence-electron chi connectivity index (χ2n) is 5.76. The second-order valence-corrected chi connectivity index (χ2v) is 5.76. The summed E-state index contributed by atoms with van der Waals surface area (Å²) in [5.41, 5.74) is 16.3. The largest absolute Gasteiger partial charge is 0.399 e. The van der Waals surface area contributed by atoms with Gasteiger partial charge in [0.25, 0.3) is 0 Å². The Labute approximate surface area is 142 Å². The molecule has 0 spiro atoms. The first-order valence-corrected chi connectivity index (χ1v) is 7.97. The molecule has 2 rings (SSSR count).